The standard InChI is InChI=1S/C34H57ClO2/c1-5-6-7-8-9-13-33(35)34(36)37-26-15-17-28-25(22-26)14-16-31-30(28)21-20-29-27(18-19-32(29)31)24(4)12-10-11-23(2)3/h14,23-24,26-33H,5-13,15-22H2,1-4H3. The molecular weight excluding hydrogens is 476 g/mol. The van der Waals surface area contributed by atoms with E-state index in [0.29, 0.717) is 0 Å². The summed E-state index contributed by atoms with van der Waals surface area (Å²) >= 11 is 6.43. The molecule has 9 atom stereocenters. The lowest BCUT2D eigenvalue weighted by Crippen LogP contribution is -2.42. The summed E-state index contributed by atoms with van der Waals surface area (Å²) in [5, 5.41) is -0.470. The van der Waals surface area contributed by atoms with E-state index in [1.165, 1.54) is 83.5 Å². The first-order chi connectivity index (χ1) is 17.9. The summed E-state index contributed by atoms with van der Waals surface area (Å²) < 4.78 is 5.96. The molecule has 0 saturated heterocycles. The minimum Gasteiger partial charge on any atom is -0.461 e. The fraction of sp³-hybridized carbons (Fsp3) is 0.912. The topological polar surface area (TPSA) is 26.3 Å². The number of halogens is 1. The maximum atomic E-state index is 12.7. The molecule has 4 aliphatic rings. The van der Waals surface area contributed by atoms with Crippen LogP contribution in [0, 0.1) is 47.3 Å². The third-order valence-electron chi connectivity index (χ3n) is 11.0. The average Bonchev–Trinajstić information content (AvgIpc) is 3.32. The third-order valence-corrected chi connectivity index (χ3v) is 11.4. The van der Waals surface area contributed by atoms with Gasteiger partial charge in [0.1, 0.15) is 11.5 Å². The van der Waals surface area contributed by atoms with Crippen molar-refractivity contribution in [3.8, 4) is 0 Å². The Morgan fingerprint density at radius 3 is 2.41 bits per heavy atom. The van der Waals surface area contributed by atoms with Crippen molar-refractivity contribution in [3.63, 3.8) is 0 Å². The summed E-state index contributed by atoms with van der Waals surface area (Å²) in [5.74, 6) is 7.08. The van der Waals surface area contributed by atoms with Crippen molar-refractivity contribution in [2.75, 3.05) is 0 Å². The van der Waals surface area contributed by atoms with Crippen molar-refractivity contribution in [2.24, 2.45) is 47.3 Å². The van der Waals surface area contributed by atoms with E-state index in [-0.39, 0.29) is 12.1 Å². The van der Waals surface area contributed by atoms with Crippen LogP contribution in [0.4, 0.5) is 0 Å². The van der Waals surface area contributed by atoms with Crippen LogP contribution in [0.1, 0.15) is 137 Å². The van der Waals surface area contributed by atoms with Gasteiger partial charge < -0.3 is 4.74 Å². The summed E-state index contributed by atoms with van der Waals surface area (Å²) in [6.45, 7) is 9.53. The van der Waals surface area contributed by atoms with Gasteiger partial charge in [-0.1, -0.05) is 90.7 Å². The molecule has 0 aliphatic heterocycles. The highest BCUT2D eigenvalue weighted by atomic mass is 35.5. The van der Waals surface area contributed by atoms with Gasteiger partial charge in [-0.05, 0) is 98.7 Å². The van der Waals surface area contributed by atoms with Crippen LogP contribution in [0.25, 0.3) is 0 Å². The largest absolute Gasteiger partial charge is 0.461 e. The van der Waals surface area contributed by atoms with E-state index >= 15 is 0 Å². The number of carbonyl (C=O) groups excluding carboxylic acids is 1. The van der Waals surface area contributed by atoms with Crippen molar-refractivity contribution in [3.05, 3.63) is 11.6 Å². The van der Waals surface area contributed by atoms with Gasteiger partial charge in [-0.3, -0.25) is 4.79 Å². The highest BCUT2D eigenvalue weighted by Gasteiger charge is 2.50. The van der Waals surface area contributed by atoms with Gasteiger partial charge in [0.25, 0.3) is 0 Å². The van der Waals surface area contributed by atoms with Crippen LogP contribution < -0.4 is 0 Å². The summed E-state index contributed by atoms with van der Waals surface area (Å²) in [5.41, 5.74) is 1.62. The number of hydrogen-bond donors (Lipinski definition) is 0. The van der Waals surface area contributed by atoms with Crippen LogP contribution in [0.3, 0.4) is 0 Å². The maximum Gasteiger partial charge on any atom is 0.324 e. The second kappa shape index (κ2) is 14.2. The summed E-state index contributed by atoms with van der Waals surface area (Å²) in [6, 6.07) is 0. The zero-order chi connectivity index (χ0) is 26.4. The molecule has 4 rings (SSSR count). The molecular formula is C34H57ClO2. The lowest BCUT2D eigenvalue weighted by Gasteiger charge is -2.50. The SMILES string of the molecule is CCCCCCCC(Cl)C(=O)OC1CCC2C(=CCC3C2CCC2C(C(C)CCCC(C)C)CCC23)C1. The predicted molar refractivity (Wildman–Crippen MR) is 157 cm³/mol. The molecule has 3 fully saturated rings. The van der Waals surface area contributed by atoms with E-state index in [2.05, 4.69) is 33.8 Å². The summed E-state index contributed by atoms with van der Waals surface area (Å²) in [4.78, 5) is 12.7. The van der Waals surface area contributed by atoms with Crippen molar-refractivity contribution in [2.45, 2.75) is 148 Å². The molecule has 0 amide bonds. The van der Waals surface area contributed by atoms with E-state index in [4.69, 9.17) is 16.3 Å². The number of carbonyl (C=O) groups is 1. The minimum absolute atomic E-state index is 0.0479. The van der Waals surface area contributed by atoms with Crippen LogP contribution in [0.2, 0.25) is 0 Å². The first-order valence-electron chi connectivity index (χ1n) is 16.4. The molecule has 0 aromatic carbocycles. The Morgan fingerprint density at radius 1 is 0.865 bits per heavy atom. The second-order valence-electron chi connectivity index (χ2n) is 13.9. The lowest BCUT2D eigenvalue weighted by molar-refractivity contribution is -0.150. The predicted octanol–water partition coefficient (Wildman–Crippen LogP) is 10.1. The molecule has 3 saturated carbocycles. The average molecular weight is 533 g/mol. The molecule has 0 N–H and O–H groups in total. The van der Waals surface area contributed by atoms with E-state index in [1.54, 1.807) is 5.57 Å². The quantitative estimate of drug-likeness (QED) is 0.102. The highest BCUT2D eigenvalue weighted by molar-refractivity contribution is 6.29. The number of hydrogen-bond acceptors (Lipinski definition) is 2. The third kappa shape index (κ3) is 7.58. The van der Waals surface area contributed by atoms with E-state index < -0.39 is 5.38 Å². The molecule has 3 heteroatoms. The van der Waals surface area contributed by atoms with Gasteiger partial charge in [0, 0.05) is 6.42 Å². The number of ether oxygens (including phenoxy) is 1. The first kappa shape index (κ1) is 29.5. The maximum absolute atomic E-state index is 12.7. The van der Waals surface area contributed by atoms with Crippen LogP contribution in [0.15, 0.2) is 11.6 Å². The van der Waals surface area contributed by atoms with Gasteiger partial charge in [0.2, 0.25) is 0 Å². The Labute approximate surface area is 234 Å². The Kier molecular flexibility index (Phi) is 11.3. The normalized spacial score (nSPS) is 34.8. The van der Waals surface area contributed by atoms with Crippen molar-refractivity contribution >= 4 is 17.6 Å². The zero-order valence-electron chi connectivity index (χ0n) is 24.6. The van der Waals surface area contributed by atoms with Crippen molar-refractivity contribution < 1.29 is 9.53 Å². The van der Waals surface area contributed by atoms with Gasteiger partial charge >= 0.3 is 5.97 Å². The fourth-order valence-corrected chi connectivity index (χ4v) is 9.29. The van der Waals surface area contributed by atoms with Gasteiger partial charge in [-0.25, -0.2) is 0 Å². The number of unbranched alkanes of at least 4 members (excludes halogenated alkanes) is 4. The first-order valence-corrected chi connectivity index (χ1v) is 16.9. The van der Waals surface area contributed by atoms with Gasteiger partial charge in [-0.2, -0.15) is 0 Å². The lowest BCUT2D eigenvalue weighted by atomic mass is 9.56. The molecule has 4 aliphatic carbocycles. The van der Waals surface area contributed by atoms with Crippen molar-refractivity contribution in [1.29, 1.82) is 0 Å². The molecule has 0 aromatic heterocycles. The Hall–Kier alpha value is -0.500. The minimum atomic E-state index is -0.470. The van der Waals surface area contributed by atoms with Crippen LogP contribution in [-0.2, 0) is 9.53 Å². The molecule has 0 spiro atoms. The fourth-order valence-electron chi connectivity index (χ4n) is 9.09. The van der Waals surface area contributed by atoms with Crippen LogP contribution in [0.5, 0.6) is 0 Å². The van der Waals surface area contributed by atoms with Gasteiger partial charge in [-0.15, -0.1) is 11.6 Å². The van der Waals surface area contributed by atoms with Crippen LogP contribution in [-0.4, -0.2) is 17.5 Å². The molecule has 37 heavy (non-hydrogen) atoms. The number of allylic oxidation sites excluding steroid dienone is 1. The number of rotatable bonds is 13. The van der Waals surface area contributed by atoms with Gasteiger partial charge in [0.05, 0.1) is 0 Å². The molecule has 0 radical (unpaired) electrons. The molecule has 2 nitrogen and oxygen atoms in total. The monoisotopic (exact) mass is 532 g/mol. The second-order valence-corrected chi connectivity index (χ2v) is 14.4. The Balaban J connectivity index is 1.25. The smallest absolute Gasteiger partial charge is 0.324 e. The molecule has 0 heterocycles. The number of esters is 1. The molecule has 0 bridgehead atoms. The zero-order valence-corrected chi connectivity index (χ0v) is 25.3. The van der Waals surface area contributed by atoms with Crippen LogP contribution >= 0.6 is 11.6 Å². The highest BCUT2D eigenvalue weighted by Crippen LogP contribution is 2.59. The summed E-state index contributed by atoms with van der Waals surface area (Å²) in [6.07, 6.45) is 24.0. The van der Waals surface area contributed by atoms with E-state index in [9.17, 15) is 4.79 Å². The van der Waals surface area contributed by atoms with E-state index in [0.717, 1.165) is 73.0 Å². The number of fused-ring (bicyclic) bond motifs is 5. The van der Waals surface area contributed by atoms with Gasteiger partial charge in [0.15, 0.2) is 0 Å². The molecule has 0 aromatic rings. The molecule has 212 valence electrons. The van der Waals surface area contributed by atoms with E-state index in [1.807, 2.05) is 0 Å². The Morgan fingerprint density at radius 2 is 1.62 bits per heavy atom. The molecule has 9 unspecified atom stereocenters. The Bertz CT molecular complexity index is 744. The summed E-state index contributed by atoms with van der Waals surface area (Å²) in [7, 11) is 0. The number of alkyl halides is 1. The van der Waals surface area contributed by atoms with Crippen molar-refractivity contribution in [1.82, 2.24) is 0 Å².